The molecule has 0 spiro atoms. The molecule has 0 aromatic heterocycles. The predicted molar refractivity (Wildman–Crippen MR) is 72.6 cm³/mol. The van der Waals surface area contributed by atoms with Gasteiger partial charge in [0, 0.05) is 11.9 Å². The second-order valence-corrected chi connectivity index (χ2v) is 6.82. The van der Waals surface area contributed by atoms with E-state index in [2.05, 4.69) is 6.92 Å². The first-order chi connectivity index (χ1) is 8.87. The van der Waals surface area contributed by atoms with Gasteiger partial charge in [0.25, 0.3) is 0 Å². The van der Waals surface area contributed by atoms with Crippen LogP contribution in [0.3, 0.4) is 0 Å². The quantitative estimate of drug-likeness (QED) is 0.275. The van der Waals surface area contributed by atoms with Crippen LogP contribution in [-0.2, 0) is 9.36 Å². The molecule has 0 fully saturated rings. The first kappa shape index (κ1) is 22.9. The fraction of sp³-hybridized carbons (Fsp3) is 0.923. The summed E-state index contributed by atoms with van der Waals surface area (Å²) in [5.41, 5.74) is 0. The molecule has 0 saturated carbocycles. The van der Waals surface area contributed by atoms with Gasteiger partial charge >= 0.3 is 37.2 Å². The van der Waals surface area contributed by atoms with Crippen LogP contribution >= 0.6 is 7.60 Å². The largest absolute Gasteiger partial charge is 1.00 e. The minimum Gasteiger partial charge on any atom is -0.550 e. The van der Waals surface area contributed by atoms with E-state index in [9.17, 15) is 14.5 Å². The Balaban J connectivity index is 0. The molecule has 0 aliphatic rings. The number of hydrogen-bond donors (Lipinski definition) is 2. The van der Waals surface area contributed by atoms with Gasteiger partial charge in [-0.05, 0) is 6.42 Å². The molecule has 2 N–H and O–H groups in total. The minimum absolute atomic E-state index is 0. The smallest absolute Gasteiger partial charge is 0.550 e. The summed E-state index contributed by atoms with van der Waals surface area (Å²) >= 11 is 0. The van der Waals surface area contributed by atoms with E-state index in [4.69, 9.17) is 9.79 Å². The zero-order valence-electron chi connectivity index (χ0n) is 12.7. The number of rotatable bonds is 12. The third-order valence-electron chi connectivity index (χ3n) is 3.20. The van der Waals surface area contributed by atoms with Gasteiger partial charge in [0.05, 0.1) is 6.16 Å². The van der Waals surface area contributed by atoms with Crippen LogP contribution in [0, 0.1) is 5.92 Å². The van der Waals surface area contributed by atoms with Crippen molar-refractivity contribution in [1.82, 2.24) is 0 Å². The molecular weight excluding hydrogens is 290 g/mol. The van der Waals surface area contributed by atoms with Crippen molar-refractivity contribution in [3.63, 3.8) is 0 Å². The summed E-state index contributed by atoms with van der Waals surface area (Å²) in [6, 6.07) is 0. The molecule has 0 rings (SSSR count). The Morgan fingerprint density at radius 1 is 1.05 bits per heavy atom. The van der Waals surface area contributed by atoms with Crippen LogP contribution in [0.15, 0.2) is 0 Å². The number of carboxylic acids is 1. The number of unbranched alkanes of at least 4 members (excludes halogenated alkanes) is 7. The molecule has 20 heavy (non-hydrogen) atoms. The van der Waals surface area contributed by atoms with Crippen molar-refractivity contribution in [2.75, 3.05) is 6.16 Å². The Hall–Kier alpha value is 0.620. The summed E-state index contributed by atoms with van der Waals surface area (Å²) in [4.78, 5) is 28.3. The number of carbonyl (C=O) groups is 1. The normalized spacial score (nSPS) is 12.8. The van der Waals surface area contributed by atoms with Crippen LogP contribution in [0.1, 0.15) is 64.7 Å². The maximum absolute atomic E-state index is 10.8. The second-order valence-electron chi connectivity index (χ2n) is 5.13. The SMILES string of the molecule is CCCCCCCCCCC(CP(=O)(O)O)C(=O)[O-].[Na+]. The molecule has 0 bridgehead atoms. The van der Waals surface area contributed by atoms with Crippen molar-refractivity contribution in [2.45, 2.75) is 64.7 Å². The zero-order chi connectivity index (χ0) is 14.7. The van der Waals surface area contributed by atoms with Crippen LogP contribution in [0.25, 0.3) is 0 Å². The number of carboxylic acid groups (broad SMARTS) is 1. The number of carbonyl (C=O) groups excluding carboxylic acids is 1. The van der Waals surface area contributed by atoms with E-state index in [0.717, 1.165) is 19.3 Å². The molecular formula is C13H26NaO5P. The Kier molecular flexibility index (Phi) is 15.2. The first-order valence-electron chi connectivity index (χ1n) is 7.12. The topological polar surface area (TPSA) is 97.7 Å². The molecule has 1 atom stereocenters. The summed E-state index contributed by atoms with van der Waals surface area (Å²) in [6.45, 7) is 2.17. The van der Waals surface area contributed by atoms with E-state index >= 15 is 0 Å². The molecule has 0 aromatic carbocycles. The van der Waals surface area contributed by atoms with Gasteiger partial charge in [0.15, 0.2) is 0 Å². The Morgan fingerprint density at radius 3 is 1.90 bits per heavy atom. The molecule has 1 unspecified atom stereocenters. The van der Waals surface area contributed by atoms with Gasteiger partial charge < -0.3 is 19.7 Å². The van der Waals surface area contributed by atoms with Gasteiger partial charge in [-0.3, -0.25) is 4.57 Å². The van der Waals surface area contributed by atoms with Crippen molar-refractivity contribution in [3.8, 4) is 0 Å². The maximum Gasteiger partial charge on any atom is 1.00 e. The average Bonchev–Trinajstić information content (AvgIpc) is 2.29. The van der Waals surface area contributed by atoms with E-state index < -0.39 is 25.6 Å². The Labute approximate surface area is 144 Å². The van der Waals surface area contributed by atoms with E-state index in [1.165, 1.54) is 25.7 Å². The van der Waals surface area contributed by atoms with Crippen LogP contribution < -0.4 is 34.7 Å². The van der Waals surface area contributed by atoms with Crippen molar-refractivity contribution in [1.29, 1.82) is 0 Å². The van der Waals surface area contributed by atoms with Crippen molar-refractivity contribution in [3.05, 3.63) is 0 Å². The summed E-state index contributed by atoms with van der Waals surface area (Å²) in [6.07, 6.45) is 8.42. The van der Waals surface area contributed by atoms with Crippen LogP contribution in [-0.4, -0.2) is 21.9 Å². The molecule has 0 heterocycles. The van der Waals surface area contributed by atoms with Gasteiger partial charge in [0.1, 0.15) is 0 Å². The molecule has 0 aromatic rings. The summed E-state index contributed by atoms with van der Waals surface area (Å²) < 4.78 is 10.8. The van der Waals surface area contributed by atoms with Gasteiger partial charge in [-0.2, -0.15) is 0 Å². The predicted octanol–water partition coefficient (Wildman–Crippen LogP) is -0.935. The zero-order valence-corrected chi connectivity index (χ0v) is 15.6. The van der Waals surface area contributed by atoms with Crippen LogP contribution in [0.5, 0.6) is 0 Å². The van der Waals surface area contributed by atoms with Crippen molar-refractivity contribution >= 4 is 13.6 Å². The first-order valence-corrected chi connectivity index (χ1v) is 8.92. The fourth-order valence-electron chi connectivity index (χ4n) is 2.10. The van der Waals surface area contributed by atoms with E-state index in [-0.39, 0.29) is 29.6 Å². The summed E-state index contributed by atoms with van der Waals surface area (Å²) in [7, 11) is -4.27. The Bertz CT molecular complexity index is 292. The third-order valence-corrected chi connectivity index (χ3v) is 4.11. The number of hydrogen-bond acceptors (Lipinski definition) is 3. The van der Waals surface area contributed by atoms with Crippen molar-refractivity contribution in [2.24, 2.45) is 5.92 Å². The standard InChI is InChI=1S/C13H27O5P.Na/c1-2-3-4-5-6-7-8-9-10-12(13(14)15)11-19(16,17)18;/h12H,2-11H2,1H3,(H,14,15)(H2,16,17,18);/q;+1/p-1. The minimum atomic E-state index is -4.27. The average molecular weight is 316 g/mol. The molecule has 0 saturated heterocycles. The summed E-state index contributed by atoms with van der Waals surface area (Å²) in [5, 5.41) is 10.8. The molecule has 5 nitrogen and oxygen atoms in total. The van der Waals surface area contributed by atoms with Crippen LogP contribution in [0.2, 0.25) is 0 Å². The molecule has 0 radical (unpaired) electrons. The second kappa shape index (κ2) is 13.3. The van der Waals surface area contributed by atoms with Gasteiger partial charge in [-0.25, -0.2) is 0 Å². The molecule has 114 valence electrons. The molecule has 0 aliphatic carbocycles. The van der Waals surface area contributed by atoms with E-state index in [1.807, 2.05) is 0 Å². The van der Waals surface area contributed by atoms with Crippen molar-refractivity contribution < 1.29 is 53.8 Å². The molecule has 7 heteroatoms. The van der Waals surface area contributed by atoms with Gasteiger partial charge in [-0.15, -0.1) is 0 Å². The molecule has 0 amide bonds. The van der Waals surface area contributed by atoms with Gasteiger partial charge in [-0.1, -0.05) is 58.3 Å². The Morgan fingerprint density at radius 2 is 1.50 bits per heavy atom. The van der Waals surface area contributed by atoms with Gasteiger partial charge in [0.2, 0.25) is 0 Å². The molecule has 0 aliphatic heterocycles. The maximum atomic E-state index is 10.8. The third kappa shape index (κ3) is 15.0. The van der Waals surface area contributed by atoms with E-state index in [0.29, 0.717) is 12.8 Å². The summed E-state index contributed by atoms with van der Waals surface area (Å²) in [5.74, 6) is -2.38. The monoisotopic (exact) mass is 316 g/mol. The fourth-order valence-corrected chi connectivity index (χ4v) is 3.00. The van der Waals surface area contributed by atoms with Crippen LogP contribution in [0.4, 0.5) is 0 Å². The number of aliphatic carboxylic acids is 1. The van der Waals surface area contributed by atoms with E-state index in [1.54, 1.807) is 0 Å².